The fourth-order valence-electron chi connectivity index (χ4n) is 2.82. The largest absolute Gasteiger partial charge is 0.493 e. The van der Waals surface area contributed by atoms with Crippen LogP contribution in [0.5, 0.6) is 11.6 Å². The number of hydrogen-bond donors (Lipinski definition) is 0. The van der Waals surface area contributed by atoms with Crippen molar-refractivity contribution in [2.24, 2.45) is 0 Å². The van der Waals surface area contributed by atoms with Crippen molar-refractivity contribution in [1.29, 1.82) is 0 Å². The number of benzene rings is 1. The van der Waals surface area contributed by atoms with Gasteiger partial charge in [-0.2, -0.15) is 4.98 Å². The molecule has 3 aromatic rings. The van der Waals surface area contributed by atoms with Gasteiger partial charge >= 0.3 is 0 Å². The van der Waals surface area contributed by atoms with E-state index in [1.54, 1.807) is 12.3 Å². The number of pyridine rings is 1. The number of ether oxygens (including phenoxy) is 2. The second-order valence-corrected chi connectivity index (χ2v) is 7.30. The molecule has 6 nitrogen and oxygen atoms in total. The predicted molar refractivity (Wildman–Crippen MR) is 109 cm³/mol. The number of nitrogens with zero attached hydrogens (tertiary/aromatic N) is 3. The molecule has 1 aromatic carbocycles. The van der Waals surface area contributed by atoms with Gasteiger partial charge in [0.25, 0.3) is 5.89 Å². The highest BCUT2D eigenvalue weighted by Gasteiger charge is 2.16. The number of halogens is 1. The maximum atomic E-state index is 6.26. The van der Waals surface area contributed by atoms with Crippen LogP contribution in [0.25, 0.3) is 22.8 Å². The Bertz CT molecular complexity index is 946. The van der Waals surface area contributed by atoms with Gasteiger partial charge in [0.2, 0.25) is 11.7 Å². The highest BCUT2D eigenvalue weighted by Crippen LogP contribution is 2.32. The van der Waals surface area contributed by atoms with Crippen LogP contribution >= 0.6 is 11.6 Å². The van der Waals surface area contributed by atoms with Crippen molar-refractivity contribution in [3.05, 3.63) is 40.5 Å². The van der Waals surface area contributed by atoms with Crippen LogP contribution < -0.4 is 9.47 Å². The monoisotopic (exact) mass is 401 g/mol. The molecular formula is C21H24ClN3O3. The van der Waals surface area contributed by atoms with E-state index in [0.717, 1.165) is 28.9 Å². The van der Waals surface area contributed by atoms with E-state index in [0.29, 0.717) is 34.8 Å². The van der Waals surface area contributed by atoms with E-state index in [4.69, 9.17) is 25.6 Å². The van der Waals surface area contributed by atoms with E-state index < -0.39 is 0 Å². The molecule has 0 radical (unpaired) electrons. The molecule has 0 aliphatic heterocycles. The van der Waals surface area contributed by atoms with Gasteiger partial charge in [0.15, 0.2) is 0 Å². The lowest BCUT2D eigenvalue weighted by Crippen LogP contribution is -2.07. The van der Waals surface area contributed by atoms with E-state index >= 15 is 0 Å². The predicted octanol–water partition coefficient (Wildman–Crippen LogP) is 5.64. The highest BCUT2D eigenvalue weighted by molar-refractivity contribution is 6.32. The van der Waals surface area contributed by atoms with Crippen molar-refractivity contribution in [3.63, 3.8) is 0 Å². The smallest absolute Gasteiger partial charge is 0.259 e. The SMILES string of the molecule is CCCOc1c(C)cc(-c2noc(-c3cnc(OC(C)C)c(Cl)c3)n2)cc1C. The Labute approximate surface area is 169 Å². The van der Waals surface area contributed by atoms with Gasteiger partial charge in [-0.3, -0.25) is 0 Å². The Morgan fingerprint density at radius 2 is 1.82 bits per heavy atom. The first-order chi connectivity index (χ1) is 13.4. The Morgan fingerprint density at radius 3 is 2.43 bits per heavy atom. The van der Waals surface area contributed by atoms with Gasteiger partial charge in [-0.1, -0.05) is 23.7 Å². The summed E-state index contributed by atoms with van der Waals surface area (Å²) in [6.07, 6.45) is 2.56. The van der Waals surface area contributed by atoms with E-state index in [-0.39, 0.29) is 6.10 Å². The highest BCUT2D eigenvalue weighted by atomic mass is 35.5. The summed E-state index contributed by atoms with van der Waals surface area (Å²) in [7, 11) is 0. The number of aryl methyl sites for hydroxylation is 2. The molecule has 0 spiro atoms. The van der Waals surface area contributed by atoms with Gasteiger partial charge in [0, 0.05) is 11.8 Å². The van der Waals surface area contributed by atoms with E-state index in [9.17, 15) is 0 Å². The summed E-state index contributed by atoms with van der Waals surface area (Å²) >= 11 is 6.26. The molecule has 28 heavy (non-hydrogen) atoms. The van der Waals surface area contributed by atoms with Crippen molar-refractivity contribution in [1.82, 2.24) is 15.1 Å². The van der Waals surface area contributed by atoms with Gasteiger partial charge < -0.3 is 14.0 Å². The molecule has 148 valence electrons. The second kappa shape index (κ2) is 8.61. The zero-order valence-electron chi connectivity index (χ0n) is 16.7. The summed E-state index contributed by atoms with van der Waals surface area (Å²) in [5.74, 6) is 2.14. The summed E-state index contributed by atoms with van der Waals surface area (Å²) in [4.78, 5) is 8.75. The van der Waals surface area contributed by atoms with Crippen molar-refractivity contribution in [2.45, 2.75) is 47.1 Å². The summed E-state index contributed by atoms with van der Waals surface area (Å²) in [6, 6.07) is 5.70. The molecule has 0 saturated carbocycles. The van der Waals surface area contributed by atoms with Crippen molar-refractivity contribution in [3.8, 4) is 34.5 Å². The lowest BCUT2D eigenvalue weighted by Gasteiger charge is -2.12. The first-order valence-corrected chi connectivity index (χ1v) is 9.67. The number of hydrogen-bond acceptors (Lipinski definition) is 6. The van der Waals surface area contributed by atoms with Crippen LogP contribution in [-0.2, 0) is 0 Å². The summed E-state index contributed by atoms with van der Waals surface area (Å²) < 4.78 is 16.8. The molecule has 0 saturated heterocycles. The lowest BCUT2D eigenvalue weighted by molar-refractivity contribution is 0.233. The normalized spacial score (nSPS) is 11.1. The molecule has 0 atom stereocenters. The molecule has 0 N–H and O–H groups in total. The third-order valence-electron chi connectivity index (χ3n) is 4.00. The molecule has 0 aliphatic carbocycles. The van der Waals surface area contributed by atoms with Crippen LogP contribution in [0.2, 0.25) is 5.02 Å². The van der Waals surface area contributed by atoms with Crippen molar-refractivity contribution < 1.29 is 14.0 Å². The van der Waals surface area contributed by atoms with Gasteiger partial charge in [-0.25, -0.2) is 4.98 Å². The Kier molecular flexibility index (Phi) is 6.19. The second-order valence-electron chi connectivity index (χ2n) is 6.89. The quantitative estimate of drug-likeness (QED) is 0.509. The van der Waals surface area contributed by atoms with Crippen LogP contribution in [0, 0.1) is 13.8 Å². The van der Waals surface area contributed by atoms with Crippen molar-refractivity contribution >= 4 is 11.6 Å². The molecule has 7 heteroatoms. The van der Waals surface area contributed by atoms with Crippen LogP contribution in [0.15, 0.2) is 28.9 Å². The molecule has 0 bridgehead atoms. The Morgan fingerprint density at radius 1 is 1.11 bits per heavy atom. The number of aromatic nitrogens is 3. The Balaban J connectivity index is 1.87. The van der Waals surface area contributed by atoms with Gasteiger partial charge in [-0.05, 0) is 63.4 Å². The maximum absolute atomic E-state index is 6.26. The average molecular weight is 402 g/mol. The first kappa shape index (κ1) is 20.1. The molecule has 2 aromatic heterocycles. The molecule has 0 unspecified atom stereocenters. The van der Waals surface area contributed by atoms with Crippen LogP contribution in [0.4, 0.5) is 0 Å². The minimum absolute atomic E-state index is 0.0124. The minimum Gasteiger partial charge on any atom is -0.493 e. The van der Waals surface area contributed by atoms with Gasteiger partial charge in [0.1, 0.15) is 10.8 Å². The molecule has 0 aliphatic rings. The third kappa shape index (κ3) is 4.44. The summed E-state index contributed by atoms with van der Waals surface area (Å²) in [5, 5.41) is 4.51. The lowest BCUT2D eigenvalue weighted by atomic mass is 10.1. The van der Waals surface area contributed by atoms with E-state index in [1.807, 2.05) is 39.8 Å². The fraction of sp³-hybridized carbons (Fsp3) is 0.381. The topological polar surface area (TPSA) is 70.3 Å². The average Bonchev–Trinajstić information content (AvgIpc) is 3.12. The van der Waals surface area contributed by atoms with E-state index in [2.05, 4.69) is 22.0 Å². The zero-order chi connectivity index (χ0) is 20.3. The molecule has 0 amide bonds. The molecule has 0 fully saturated rings. The zero-order valence-corrected chi connectivity index (χ0v) is 17.5. The molecule has 3 rings (SSSR count). The van der Waals surface area contributed by atoms with E-state index in [1.165, 1.54) is 0 Å². The minimum atomic E-state index is -0.0124. The van der Waals surface area contributed by atoms with Gasteiger partial charge in [-0.15, -0.1) is 0 Å². The van der Waals surface area contributed by atoms with Gasteiger partial charge in [0.05, 0.1) is 18.3 Å². The first-order valence-electron chi connectivity index (χ1n) is 9.29. The maximum Gasteiger partial charge on any atom is 0.259 e. The standard InChI is InChI=1S/C21H24ClN3O3/c1-6-7-26-18-13(4)8-15(9-14(18)5)19-24-20(28-25-19)16-10-17(22)21(23-11-16)27-12(2)3/h8-12H,6-7H2,1-5H3. The third-order valence-corrected chi connectivity index (χ3v) is 4.27. The fourth-order valence-corrected chi connectivity index (χ4v) is 3.03. The summed E-state index contributed by atoms with van der Waals surface area (Å²) in [5.41, 5.74) is 3.58. The molecular weight excluding hydrogens is 378 g/mol. The van der Waals surface area contributed by atoms with Crippen LogP contribution in [-0.4, -0.2) is 27.8 Å². The summed E-state index contributed by atoms with van der Waals surface area (Å²) in [6.45, 7) is 10.6. The van der Waals surface area contributed by atoms with Crippen LogP contribution in [0.1, 0.15) is 38.3 Å². The Hall–Kier alpha value is -2.60. The molecule has 2 heterocycles. The van der Waals surface area contributed by atoms with Crippen molar-refractivity contribution in [2.75, 3.05) is 6.61 Å². The number of rotatable bonds is 7. The van der Waals surface area contributed by atoms with Crippen LogP contribution in [0.3, 0.4) is 0 Å².